The summed E-state index contributed by atoms with van der Waals surface area (Å²) < 4.78 is 0. The molecule has 1 aromatic heterocycles. The van der Waals surface area contributed by atoms with Crippen LogP contribution in [-0.4, -0.2) is 325 Å². The quantitative estimate of drug-likeness (QED) is 0.00845. The van der Waals surface area contributed by atoms with Crippen LogP contribution in [0.1, 0.15) is 140 Å². The van der Waals surface area contributed by atoms with Crippen molar-refractivity contribution in [2.75, 3.05) is 63.6 Å². The van der Waals surface area contributed by atoms with E-state index < -0.39 is 290 Å². The van der Waals surface area contributed by atoms with Gasteiger partial charge in [-0.05, 0) is 137 Å². The number of rotatable bonds is 65. The maximum Gasteiger partial charge on any atom is 0.322 e. The van der Waals surface area contributed by atoms with Crippen LogP contribution in [0.25, 0.3) is 0 Å². The van der Waals surface area contributed by atoms with E-state index in [9.17, 15) is 102 Å². The van der Waals surface area contributed by atoms with Crippen LogP contribution >= 0.6 is 24.4 Å². The fraction of sp³-hybridized carbons (Fsp3) is 0.543. The Labute approximate surface area is 841 Å². The number of aliphatic hydroxyl groups excluding tert-OH is 2. The van der Waals surface area contributed by atoms with E-state index in [1.54, 1.807) is 107 Å². The molecule has 1 aliphatic rings. The van der Waals surface area contributed by atoms with Gasteiger partial charge in [0.1, 0.15) is 96.9 Å². The van der Waals surface area contributed by atoms with Gasteiger partial charge in [-0.25, -0.2) is 4.98 Å². The van der Waals surface area contributed by atoms with Crippen molar-refractivity contribution < 1.29 is 121 Å². The smallest absolute Gasteiger partial charge is 0.322 e. The van der Waals surface area contributed by atoms with E-state index in [-0.39, 0.29) is 107 Å². The molecule has 0 spiro atoms. The number of carboxylic acid groups (broad SMARTS) is 2. The summed E-state index contributed by atoms with van der Waals surface area (Å²) in [7, 11) is 0. The first-order valence-corrected chi connectivity index (χ1v) is 49.0. The predicted molar refractivity (Wildman–Crippen MR) is 526 cm³/mol. The van der Waals surface area contributed by atoms with Crippen LogP contribution in [0.2, 0.25) is 0 Å². The zero-order valence-corrected chi connectivity index (χ0v) is 82.7. The third kappa shape index (κ3) is 42.6. The monoisotopic (exact) mass is 2060 g/mol. The molecule has 0 aliphatic carbocycles. The van der Waals surface area contributed by atoms with Crippen molar-refractivity contribution in [3.63, 3.8) is 0 Å². The normalized spacial score (nSPS) is 15.5. The largest absolute Gasteiger partial charge is 0.508 e. The van der Waals surface area contributed by atoms with Gasteiger partial charge in [0.15, 0.2) is 5.96 Å². The topological polar surface area (TPSA) is 807 Å². The van der Waals surface area contributed by atoms with Crippen LogP contribution < -0.4 is 113 Å². The number of phenols is 1. The molecule has 792 valence electrons. The van der Waals surface area contributed by atoms with Crippen molar-refractivity contribution in [1.29, 1.82) is 5.41 Å². The van der Waals surface area contributed by atoms with Gasteiger partial charge in [0, 0.05) is 62.8 Å². The van der Waals surface area contributed by atoms with Crippen molar-refractivity contribution in [3.8, 4) is 5.75 Å². The predicted octanol–water partition coefficient (Wildman–Crippen LogP) is -7.28. The number of hydrogen-bond donors (Lipinski definition) is 29. The molecule has 0 saturated carbocycles. The number of unbranched alkanes of at least 4 members (excludes halogenated alkanes) is 1. The number of nitrogens with one attached hydrogen (secondary N) is 19. The average molecular weight is 2060 g/mol. The summed E-state index contributed by atoms with van der Waals surface area (Å²) in [6, 6.07) is -1.00. The van der Waals surface area contributed by atoms with E-state index in [0.717, 1.165) is 6.92 Å². The lowest BCUT2D eigenvalue weighted by Crippen LogP contribution is -2.62. The zero-order valence-electron chi connectivity index (χ0n) is 81.0. The molecule has 0 unspecified atom stereocenters. The lowest BCUT2D eigenvalue weighted by molar-refractivity contribution is -0.144. The van der Waals surface area contributed by atoms with E-state index in [4.69, 9.17) is 33.5 Å². The number of aromatic amines is 1. The fourth-order valence-corrected chi connectivity index (χ4v) is 15.6. The second-order valence-electron chi connectivity index (χ2n) is 34.8. The maximum absolute atomic E-state index is 15.2. The molecule has 2 heterocycles. The Morgan fingerprint density at radius 3 is 1.48 bits per heavy atom. The van der Waals surface area contributed by atoms with Crippen molar-refractivity contribution >= 4 is 149 Å². The number of guanidine groups is 1. The molecule has 1 saturated heterocycles. The second kappa shape index (κ2) is 63.0. The molecular formula is C92H137N25O25S2. The number of imidazole rings is 1. The van der Waals surface area contributed by atoms with Crippen molar-refractivity contribution in [2.45, 2.75) is 241 Å². The van der Waals surface area contributed by atoms with E-state index >= 15 is 14.4 Å². The lowest BCUT2D eigenvalue weighted by Gasteiger charge is -2.33. The first-order valence-electron chi connectivity index (χ1n) is 46.9. The number of thioether (sulfide) groups is 1. The number of carbonyl (C=O) groups excluding carboxylic acids is 18. The highest BCUT2D eigenvalue weighted by molar-refractivity contribution is 7.98. The van der Waals surface area contributed by atoms with Crippen LogP contribution in [0.5, 0.6) is 5.75 Å². The number of aromatic nitrogens is 2. The summed E-state index contributed by atoms with van der Waals surface area (Å²) in [6.07, 6.45) is 0.458. The summed E-state index contributed by atoms with van der Waals surface area (Å²) in [5.74, 6) is -22.4. The van der Waals surface area contributed by atoms with Gasteiger partial charge >= 0.3 is 11.9 Å². The molecule has 32 N–H and O–H groups in total. The number of carboxylic acids is 2. The van der Waals surface area contributed by atoms with Gasteiger partial charge in [-0.3, -0.25) is 101 Å². The molecule has 1 fully saturated rings. The van der Waals surface area contributed by atoms with Gasteiger partial charge in [-0.2, -0.15) is 24.4 Å². The second-order valence-corrected chi connectivity index (χ2v) is 36.1. The third-order valence-corrected chi connectivity index (χ3v) is 24.1. The number of aromatic hydroxyl groups is 1. The Kier molecular flexibility index (Phi) is 52.7. The first-order chi connectivity index (χ1) is 68.4. The van der Waals surface area contributed by atoms with E-state index in [2.05, 4.69) is 108 Å². The van der Waals surface area contributed by atoms with Gasteiger partial charge in [0.05, 0.1) is 38.2 Å². The highest BCUT2D eigenvalue weighted by Crippen LogP contribution is 2.24. The average Bonchev–Trinajstić information content (AvgIpc) is 1.63. The van der Waals surface area contributed by atoms with E-state index in [0.29, 0.717) is 29.5 Å². The standard InChI is InChI=1S/C92H137N25O25S2/c1-7-50(4)75(91(142)117-36-17-24-68(117)88(139)109-61(30-32-72(124)125)80(131)110-63(39-52-18-10-8-11-19-52)83(134)108-62(33-37-144-6)81(132)113-67(47-143)87(138)107-60(29-31-69(95)121)79(130)101-43-70(122)100-45-73(126)127)115-89(140)74(49(2)3)114-82(133)59(23-16-35-99-92(96)97)106-85(136)65(41-55-42-98-48-103-55)111-84(135)64(40-53-20-12-9-13-21-53)112-90(141)76(51(5)119)116-86(137)66(46-118)104-71(123)44-102-78(129)58(22-14-15-34-93)105-77(128)57(94)38-54-25-27-56(120)28-26-54/h8-13,18-21,25-28,42,48-51,57-68,74-76,118-120,143H,7,14-17,22-24,29-41,43-47,93-94H2,1-6H3,(H2,95,121)(H,98,103)(H,100,122)(H,101,130)(H,102,129)(H,104,123)(H,105,128)(H,106,136)(H,107,138)(H,108,134)(H,109,139)(H,110,131)(H,111,135)(H,112,141)(H,113,132)(H,114,133)(H,115,140)(H,116,137)(H,124,125)(H,126,127)(H4,96,97,99)/t50-,51+,57-,58-,59-,60-,61-,62-,63-,64-,65-,66-,67-,68-,74-,75-,76-/m0/s1. The number of phenolic OH excluding ortho intramolecular Hbond substituents is 1. The number of primary amides is 1. The summed E-state index contributed by atoms with van der Waals surface area (Å²) >= 11 is 5.50. The molecular weight excluding hydrogens is 1920 g/mol. The van der Waals surface area contributed by atoms with Crippen molar-refractivity contribution in [1.82, 2.24) is 105 Å². The number of thiol groups is 1. The molecule has 18 amide bonds. The Hall–Kier alpha value is -14.1. The van der Waals surface area contributed by atoms with Crippen LogP contribution in [0.3, 0.4) is 0 Å². The number of aliphatic hydroxyl groups is 2. The summed E-state index contributed by atoms with van der Waals surface area (Å²) in [5.41, 5.74) is 24.5. The number of H-pyrrole nitrogens is 1. The molecule has 144 heavy (non-hydrogen) atoms. The molecule has 4 aromatic rings. The minimum absolute atomic E-state index is 0.00716. The summed E-state index contributed by atoms with van der Waals surface area (Å²) in [5, 5.41) is 100. The number of carbonyl (C=O) groups is 20. The van der Waals surface area contributed by atoms with Crippen LogP contribution in [0.15, 0.2) is 97.5 Å². The number of amides is 18. The van der Waals surface area contributed by atoms with E-state index in [1.165, 1.54) is 41.3 Å². The van der Waals surface area contributed by atoms with Crippen molar-refractivity contribution in [2.24, 2.45) is 34.8 Å². The number of nitrogens with two attached hydrogens (primary N) is 4. The molecule has 0 radical (unpaired) electrons. The highest BCUT2D eigenvalue weighted by Gasteiger charge is 2.44. The van der Waals surface area contributed by atoms with Crippen LogP contribution in [0.4, 0.5) is 0 Å². The summed E-state index contributed by atoms with van der Waals surface area (Å²) in [4.78, 5) is 285. The van der Waals surface area contributed by atoms with Gasteiger partial charge in [0.2, 0.25) is 106 Å². The lowest BCUT2D eigenvalue weighted by atomic mass is 9.95. The van der Waals surface area contributed by atoms with Crippen LogP contribution in [0, 0.1) is 17.2 Å². The number of hydrogen-bond acceptors (Lipinski definition) is 29. The summed E-state index contributed by atoms with van der Waals surface area (Å²) in [6.45, 7) is 4.32. The Bertz CT molecular complexity index is 4980. The molecule has 17 atom stereocenters. The molecule has 52 heteroatoms. The van der Waals surface area contributed by atoms with E-state index in [1.807, 2.05) is 5.32 Å². The molecule has 50 nitrogen and oxygen atoms in total. The van der Waals surface area contributed by atoms with Crippen molar-refractivity contribution in [3.05, 3.63) is 120 Å². The minimum atomic E-state index is -1.94. The number of aliphatic carboxylic acids is 2. The Balaban J connectivity index is 1.35. The first kappa shape index (κ1) is 120. The number of benzene rings is 3. The SMILES string of the molecule is CC[C@H](C)[C@H](NC(=O)[C@@H](NC(=O)[C@H](CCCNC(=N)N)NC(=O)[C@H](Cc1cnc[nH]1)NC(=O)[C@H](Cc1ccccc1)NC(=O)[C@@H](NC(=O)[C@H](CO)NC(=O)CNC(=O)[C@H](CCCCN)NC(=O)[C@@H](N)Cc1ccc(O)cc1)[C@@H](C)O)C(C)C)C(=O)N1CCC[C@H]1C(=O)N[C@@H](CCC(=O)O)C(=O)N[C@@H](Cc1ccccc1)C(=O)N[C@@H](CCSC)C(=O)N[C@@H](CS)C(=O)N[C@@H](CCC(N)=O)C(=O)NCC(=O)NCC(=O)O. The molecule has 5 rings (SSSR count). The van der Waals surface area contributed by atoms with Gasteiger partial charge in [0.25, 0.3) is 0 Å². The zero-order chi connectivity index (χ0) is 107. The van der Waals surface area contributed by atoms with Gasteiger partial charge in [-0.15, -0.1) is 0 Å². The van der Waals surface area contributed by atoms with Gasteiger partial charge in [-0.1, -0.05) is 107 Å². The number of nitrogens with zero attached hydrogens (tertiary/aromatic N) is 2. The highest BCUT2D eigenvalue weighted by atomic mass is 32.2. The maximum atomic E-state index is 15.2. The fourth-order valence-electron chi connectivity index (χ4n) is 14.8. The molecule has 3 aromatic carbocycles. The van der Waals surface area contributed by atoms with Gasteiger partial charge < -0.3 is 149 Å². The third-order valence-electron chi connectivity index (χ3n) is 23.1. The van der Waals surface area contributed by atoms with Crippen LogP contribution in [-0.2, 0) is 122 Å². The minimum Gasteiger partial charge on any atom is -0.508 e. The Morgan fingerprint density at radius 1 is 0.500 bits per heavy atom. The Morgan fingerprint density at radius 2 is 0.965 bits per heavy atom. The molecule has 0 bridgehead atoms. The molecule has 1 aliphatic heterocycles. The number of likely N-dealkylation sites (tertiary alicyclic amines) is 1.